The zero-order valence-corrected chi connectivity index (χ0v) is 12.9. The Kier molecular flexibility index (Phi) is 4.42. The van der Waals surface area contributed by atoms with E-state index in [0.717, 1.165) is 0 Å². The molecule has 0 unspecified atom stereocenters. The van der Waals surface area contributed by atoms with E-state index in [1.54, 1.807) is 43.5 Å². The van der Waals surface area contributed by atoms with Gasteiger partial charge in [-0.15, -0.1) is 0 Å². The SMILES string of the molecule is COc1ccc(-c2cc(C(=O)NCc3ccco3)[nH]c(=O)n2)cc1. The van der Waals surface area contributed by atoms with Crippen LogP contribution in [0.1, 0.15) is 16.2 Å². The topological polar surface area (TPSA) is 97.2 Å². The lowest BCUT2D eigenvalue weighted by Gasteiger charge is -2.06. The number of carbonyl (C=O) groups excluding carboxylic acids is 1. The molecule has 7 nitrogen and oxygen atoms in total. The van der Waals surface area contributed by atoms with Crippen LogP contribution in [-0.4, -0.2) is 23.0 Å². The van der Waals surface area contributed by atoms with E-state index in [1.165, 1.54) is 12.3 Å². The lowest BCUT2D eigenvalue weighted by atomic mass is 10.1. The summed E-state index contributed by atoms with van der Waals surface area (Å²) in [5, 5.41) is 2.67. The van der Waals surface area contributed by atoms with Gasteiger partial charge in [-0.05, 0) is 42.5 Å². The second kappa shape index (κ2) is 6.82. The normalized spacial score (nSPS) is 10.4. The minimum atomic E-state index is -0.591. The van der Waals surface area contributed by atoms with Crippen molar-refractivity contribution in [2.45, 2.75) is 6.54 Å². The molecule has 0 saturated carbocycles. The Bertz CT molecular complexity index is 883. The van der Waals surface area contributed by atoms with Crippen molar-refractivity contribution in [3.63, 3.8) is 0 Å². The summed E-state index contributed by atoms with van der Waals surface area (Å²) < 4.78 is 10.2. The number of benzene rings is 1. The molecule has 24 heavy (non-hydrogen) atoms. The van der Waals surface area contributed by atoms with Crippen LogP contribution >= 0.6 is 0 Å². The van der Waals surface area contributed by atoms with Gasteiger partial charge in [0.05, 0.1) is 25.6 Å². The minimum absolute atomic E-state index is 0.132. The van der Waals surface area contributed by atoms with E-state index in [4.69, 9.17) is 9.15 Å². The summed E-state index contributed by atoms with van der Waals surface area (Å²) >= 11 is 0. The Hall–Kier alpha value is -3.35. The third-order valence-corrected chi connectivity index (χ3v) is 3.38. The number of rotatable bonds is 5. The Labute approximate surface area is 137 Å². The Balaban J connectivity index is 1.82. The number of hydrogen-bond acceptors (Lipinski definition) is 5. The number of amides is 1. The summed E-state index contributed by atoms with van der Waals surface area (Å²) in [6.07, 6.45) is 1.53. The van der Waals surface area contributed by atoms with Crippen molar-refractivity contribution in [1.29, 1.82) is 0 Å². The Morgan fingerprint density at radius 1 is 1.29 bits per heavy atom. The summed E-state index contributed by atoms with van der Waals surface area (Å²) in [6, 6.07) is 12.1. The molecule has 2 N–H and O–H groups in total. The van der Waals surface area contributed by atoms with Gasteiger partial charge in [0.1, 0.15) is 17.2 Å². The molecular weight excluding hydrogens is 310 g/mol. The van der Waals surface area contributed by atoms with Crippen molar-refractivity contribution in [2.24, 2.45) is 0 Å². The highest BCUT2D eigenvalue weighted by Gasteiger charge is 2.11. The molecule has 0 atom stereocenters. The number of ether oxygens (including phenoxy) is 1. The van der Waals surface area contributed by atoms with Crippen LogP contribution in [0.4, 0.5) is 0 Å². The molecule has 0 bridgehead atoms. The molecule has 0 radical (unpaired) electrons. The molecule has 1 aromatic carbocycles. The van der Waals surface area contributed by atoms with Gasteiger partial charge in [0.2, 0.25) is 0 Å². The van der Waals surface area contributed by atoms with E-state index in [9.17, 15) is 9.59 Å². The molecule has 0 aliphatic heterocycles. The Morgan fingerprint density at radius 3 is 2.75 bits per heavy atom. The van der Waals surface area contributed by atoms with Crippen LogP contribution in [0.3, 0.4) is 0 Å². The highest BCUT2D eigenvalue weighted by atomic mass is 16.5. The largest absolute Gasteiger partial charge is 0.497 e. The smallest absolute Gasteiger partial charge is 0.346 e. The van der Waals surface area contributed by atoms with Gasteiger partial charge in [-0.3, -0.25) is 4.79 Å². The number of hydrogen-bond donors (Lipinski definition) is 2. The number of furan rings is 1. The fourth-order valence-electron chi connectivity index (χ4n) is 2.17. The van der Waals surface area contributed by atoms with Crippen molar-refractivity contribution in [2.75, 3.05) is 7.11 Å². The quantitative estimate of drug-likeness (QED) is 0.747. The maximum absolute atomic E-state index is 12.2. The molecule has 0 aliphatic carbocycles. The highest BCUT2D eigenvalue weighted by Crippen LogP contribution is 2.20. The van der Waals surface area contributed by atoms with E-state index in [1.807, 2.05) is 0 Å². The van der Waals surface area contributed by atoms with Crippen molar-refractivity contribution < 1.29 is 13.9 Å². The van der Waals surface area contributed by atoms with Gasteiger partial charge >= 0.3 is 5.69 Å². The molecular formula is C17H15N3O4. The van der Waals surface area contributed by atoms with Crippen molar-refractivity contribution in [3.8, 4) is 17.0 Å². The van der Waals surface area contributed by atoms with E-state index < -0.39 is 11.6 Å². The molecule has 7 heteroatoms. The molecule has 1 amide bonds. The summed E-state index contributed by atoms with van der Waals surface area (Å²) in [5.74, 6) is 0.899. The maximum atomic E-state index is 12.2. The molecule has 3 aromatic rings. The van der Waals surface area contributed by atoms with Gasteiger partial charge in [0.25, 0.3) is 5.91 Å². The van der Waals surface area contributed by atoms with E-state index in [2.05, 4.69) is 15.3 Å². The number of aromatic amines is 1. The fourth-order valence-corrected chi connectivity index (χ4v) is 2.17. The first-order valence-electron chi connectivity index (χ1n) is 7.22. The Morgan fingerprint density at radius 2 is 2.08 bits per heavy atom. The maximum Gasteiger partial charge on any atom is 0.346 e. The highest BCUT2D eigenvalue weighted by molar-refractivity contribution is 5.93. The van der Waals surface area contributed by atoms with Gasteiger partial charge in [0, 0.05) is 5.56 Å². The van der Waals surface area contributed by atoms with Crippen LogP contribution in [0.15, 0.2) is 57.9 Å². The van der Waals surface area contributed by atoms with Crippen LogP contribution < -0.4 is 15.7 Å². The average molecular weight is 325 g/mol. The number of carbonyl (C=O) groups is 1. The third-order valence-electron chi connectivity index (χ3n) is 3.38. The zero-order valence-electron chi connectivity index (χ0n) is 12.9. The van der Waals surface area contributed by atoms with E-state index >= 15 is 0 Å². The standard InChI is InChI=1S/C17H15N3O4/c1-23-12-6-4-11(5-7-12)14-9-15(20-17(22)19-14)16(21)18-10-13-3-2-8-24-13/h2-9H,10H2,1H3,(H,18,21)(H,19,20,22). The third kappa shape index (κ3) is 3.52. The zero-order chi connectivity index (χ0) is 16.9. The number of nitrogens with zero attached hydrogens (tertiary/aromatic N) is 1. The number of aromatic nitrogens is 2. The fraction of sp³-hybridized carbons (Fsp3) is 0.118. The second-order valence-corrected chi connectivity index (χ2v) is 4.98. The average Bonchev–Trinajstić information content (AvgIpc) is 3.12. The van der Waals surface area contributed by atoms with Gasteiger partial charge in [0.15, 0.2) is 0 Å². The summed E-state index contributed by atoms with van der Waals surface area (Å²) in [4.78, 5) is 30.3. The van der Waals surface area contributed by atoms with Crippen molar-refractivity contribution in [1.82, 2.24) is 15.3 Å². The van der Waals surface area contributed by atoms with Gasteiger partial charge < -0.3 is 19.5 Å². The molecule has 3 rings (SSSR count). The van der Waals surface area contributed by atoms with E-state index in [-0.39, 0.29) is 12.2 Å². The summed E-state index contributed by atoms with van der Waals surface area (Å²) in [5.41, 5.74) is 0.658. The predicted octanol–water partition coefficient (Wildman–Crippen LogP) is 1.97. The predicted molar refractivity (Wildman–Crippen MR) is 86.7 cm³/mol. The lowest BCUT2D eigenvalue weighted by molar-refractivity contribution is 0.0942. The van der Waals surface area contributed by atoms with Crippen molar-refractivity contribution >= 4 is 5.91 Å². The monoisotopic (exact) mass is 325 g/mol. The first kappa shape index (κ1) is 15.5. The van der Waals surface area contributed by atoms with Gasteiger partial charge in [-0.25, -0.2) is 4.79 Å². The lowest BCUT2D eigenvalue weighted by Crippen LogP contribution is -2.27. The molecule has 0 aliphatic rings. The van der Waals surface area contributed by atoms with E-state index in [0.29, 0.717) is 22.8 Å². The van der Waals surface area contributed by atoms with Crippen molar-refractivity contribution in [3.05, 3.63) is 70.7 Å². The van der Waals surface area contributed by atoms with Crippen LogP contribution in [0.2, 0.25) is 0 Å². The molecule has 0 spiro atoms. The number of methoxy groups -OCH3 is 1. The molecule has 0 fully saturated rings. The summed E-state index contributed by atoms with van der Waals surface area (Å²) in [6.45, 7) is 0.230. The number of H-pyrrole nitrogens is 1. The first-order chi connectivity index (χ1) is 11.7. The summed E-state index contributed by atoms with van der Waals surface area (Å²) in [7, 11) is 1.57. The molecule has 122 valence electrons. The van der Waals surface area contributed by atoms with Crippen LogP contribution in [0.25, 0.3) is 11.3 Å². The minimum Gasteiger partial charge on any atom is -0.497 e. The second-order valence-electron chi connectivity index (χ2n) is 4.98. The van der Waals surface area contributed by atoms with Crippen LogP contribution in [0.5, 0.6) is 5.75 Å². The molecule has 2 heterocycles. The molecule has 2 aromatic heterocycles. The van der Waals surface area contributed by atoms with Gasteiger partial charge in [-0.1, -0.05) is 0 Å². The first-order valence-corrected chi connectivity index (χ1v) is 7.22. The number of nitrogens with one attached hydrogen (secondary N) is 2. The van der Waals surface area contributed by atoms with Crippen LogP contribution in [0, 0.1) is 0 Å². The molecule has 0 saturated heterocycles. The van der Waals surface area contributed by atoms with Crippen LogP contribution in [-0.2, 0) is 6.54 Å². The van der Waals surface area contributed by atoms with Gasteiger partial charge in [-0.2, -0.15) is 4.98 Å².